The number of nitriles is 1. The highest BCUT2D eigenvalue weighted by atomic mass is 32.2. The molecule has 0 saturated heterocycles. The number of aromatic nitrogens is 4. The van der Waals surface area contributed by atoms with Gasteiger partial charge in [0.05, 0.1) is 11.3 Å². The topological polar surface area (TPSA) is 96.0 Å². The molecule has 0 atom stereocenters. The number of hydrogen-bond acceptors (Lipinski definition) is 7. The highest BCUT2D eigenvalue weighted by Crippen LogP contribution is 2.23. The maximum absolute atomic E-state index is 12.0. The molecule has 0 spiro atoms. The zero-order valence-corrected chi connectivity index (χ0v) is 14.0. The first-order valence-corrected chi connectivity index (χ1v) is 8.54. The van der Waals surface area contributed by atoms with E-state index in [9.17, 15) is 4.79 Å². The van der Waals surface area contributed by atoms with Gasteiger partial charge < -0.3 is 5.32 Å². The first-order chi connectivity index (χ1) is 11.1. The van der Waals surface area contributed by atoms with E-state index >= 15 is 0 Å². The molecular formula is C14H12N6OS2. The second-order valence-corrected chi connectivity index (χ2v) is 6.59. The highest BCUT2D eigenvalue weighted by Gasteiger charge is 2.13. The van der Waals surface area contributed by atoms with Crippen LogP contribution >= 0.6 is 23.1 Å². The molecule has 0 radical (unpaired) electrons. The Morgan fingerprint density at radius 2 is 2.30 bits per heavy atom. The lowest BCUT2D eigenvalue weighted by atomic mass is 10.3. The fourth-order valence-electron chi connectivity index (χ4n) is 2.08. The van der Waals surface area contributed by atoms with Crippen molar-refractivity contribution in [2.24, 2.45) is 0 Å². The fraction of sp³-hybridized carbons (Fsp3) is 0.214. The van der Waals surface area contributed by atoms with Gasteiger partial charge in [0.15, 0.2) is 10.8 Å². The number of thiophene rings is 1. The third-order valence-corrected chi connectivity index (χ3v) is 4.79. The van der Waals surface area contributed by atoms with Crippen molar-refractivity contribution in [2.45, 2.75) is 19.0 Å². The van der Waals surface area contributed by atoms with E-state index in [0.717, 1.165) is 11.5 Å². The predicted molar refractivity (Wildman–Crippen MR) is 88.6 cm³/mol. The normalized spacial score (nSPS) is 10.7. The molecule has 3 heterocycles. The van der Waals surface area contributed by atoms with Gasteiger partial charge in [0.2, 0.25) is 5.91 Å². The first kappa shape index (κ1) is 15.5. The molecule has 3 rings (SSSR count). The van der Waals surface area contributed by atoms with Crippen molar-refractivity contribution in [2.75, 3.05) is 11.1 Å². The average Bonchev–Trinajstić information content (AvgIpc) is 3.11. The van der Waals surface area contributed by atoms with E-state index in [2.05, 4.69) is 20.5 Å². The summed E-state index contributed by atoms with van der Waals surface area (Å²) in [4.78, 5) is 16.4. The standard InChI is InChI=1S/C14H12N6OS2/c1-8-5-11-18-19-14(20(11)9(2)16-8)23-7-12(21)17-13-10(6-15)3-4-22-13/h3-5H,7H2,1-2H3,(H,17,21). The summed E-state index contributed by atoms with van der Waals surface area (Å²) >= 11 is 2.60. The molecule has 3 aromatic heterocycles. The molecule has 23 heavy (non-hydrogen) atoms. The number of hydrogen-bond donors (Lipinski definition) is 1. The summed E-state index contributed by atoms with van der Waals surface area (Å²) in [6, 6.07) is 5.56. The molecule has 0 aliphatic carbocycles. The van der Waals surface area contributed by atoms with E-state index in [-0.39, 0.29) is 11.7 Å². The van der Waals surface area contributed by atoms with Crippen LogP contribution in [-0.4, -0.2) is 31.2 Å². The number of aryl methyl sites for hydroxylation is 2. The lowest BCUT2D eigenvalue weighted by Gasteiger charge is -2.04. The Hall–Kier alpha value is -2.44. The van der Waals surface area contributed by atoms with Gasteiger partial charge in [-0.15, -0.1) is 21.5 Å². The molecule has 7 nitrogen and oxygen atoms in total. The molecule has 1 N–H and O–H groups in total. The molecule has 1 amide bonds. The van der Waals surface area contributed by atoms with Crippen LogP contribution in [0, 0.1) is 25.2 Å². The van der Waals surface area contributed by atoms with Gasteiger partial charge in [0.25, 0.3) is 0 Å². The van der Waals surface area contributed by atoms with Crippen molar-refractivity contribution >= 4 is 39.7 Å². The smallest absolute Gasteiger partial charge is 0.235 e. The Labute approximate surface area is 140 Å². The monoisotopic (exact) mass is 344 g/mol. The summed E-state index contributed by atoms with van der Waals surface area (Å²) in [6.07, 6.45) is 0. The van der Waals surface area contributed by atoms with Gasteiger partial charge >= 0.3 is 0 Å². The van der Waals surface area contributed by atoms with Crippen LogP contribution in [0.5, 0.6) is 0 Å². The van der Waals surface area contributed by atoms with Gasteiger partial charge in [0.1, 0.15) is 16.9 Å². The minimum absolute atomic E-state index is 0.177. The van der Waals surface area contributed by atoms with Crippen LogP contribution < -0.4 is 5.32 Å². The predicted octanol–water partition coefficient (Wildman–Crippen LogP) is 2.41. The second-order valence-electron chi connectivity index (χ2n) is 4.73. The molecule has 9 heteroatoms. The lowest BCUT2D eigenvalue weighted by molar-refractivity contribution is -0.113. The summed E-state index contributed by atoms with van der Waals surface area (Å²) in [5.41, 5.74) is 2.05. The van der Waals surface area contributed by atoms with E-state index < -0.39 is 0 Å². The molecular weight excluding hydrogens is 332 g/mol. The minimum Gasteiger partial charge on any atom is -0.316 e. The highest BCUT2D eigenvalue weighted by molar-refractivity contribution is 7.99. The number of carbonyl (C=O) groups excluding carboxylic acids is 1. The van der Waals surface area contributed by atoms with Crippen molar-refractivity contribution in [1.82, 2.24) is 19.6 Å². The minimum atomic E-state index is -0.191. The summed E-state index contributed by atoms with van der Waals surface area (Å²) in [6.45, 7) is 3.77. The number of fused-ring (bicyclic) bond motifs is 1. The summed E-state index contributed by atoms with van der Waals surface area (Å²) < 4.78 is 1.82. The Kier molecular flexibility index (Phi) is 4.27. The van der Waals surface area contributed by atoms with Gasteiger partial charge in [-0.25, -0.2) is 4.98 Å². The number of nitrogens with one attached hydrogen (secondary N) is 1. The van der Waals surface area contributed by atoms with Crippen LogP contribution in [0.4, 0.5) is 5.00 Å². The van der Waals surface area contributed by atoms with Gasteiger partial charge in [-0.05, 0) is 25.3 Å². The summed E-state index contributed by atoms with van der Waals surface area (Å²) in [5, 5.41) is 22.8. The van der Waals surface area contributed by atoms with Crippen LogP contribution in [0.25, 0.3) is 5.65 Å². The zero-order chi connectivity index (χ0) is 16.4. The van der Waals surface area contributed by atoms with Crippen molar-refractivity contribution in [1.29, 1.82) is 5.26 Å². The molecule has 0 aliphatic heterocycles. The summed E-state index contributed by atoms with van der Waals surface area (Å²) in [5.74, 6) is 0.762. The van der Waals surface area contributed by atoms with Crippen LogP contribution in [0.2, 0.25) is 0 Å². The Bertz CT molecular complexity index is 923. The average molecular weight is 344 g/mol. The van der Waals surface area contributed by atoms with E-state index in [0.29, 0.717) is 21.4 Å². The summed E-state index contributed by atoms with van der Waals surface area (Å²) in [7, 11) is 0. The van der Waals surface area contributed by atoms with Crippen LogP contribution in [-0.2, 0) is 4.79 Å². The number of amides is 1. The lowest BCUT2D eigenvalue weighted by Crippen LogP contribution is -2.14. The van der Waals surface area contributed by atoms with E-state index in [1.165, 1.54) is 23.1 Å². The van der Waals surface area contributed by atoms with Gasteiger partial charge in [0, 0.05) is 11.8 Å². The van der Waals surface area contributed by atoms with Gasteiger partial charge in [-0.2, -0.15) is 5.26 Å². The number of rotatable bonds is 4. The Morgan fingerprint density at radius 1 is 1.48 bits per heavy atom. The maximum Gasteiger partial charge on any atom is 0.235 e. The van der Waals surface area contributed by atoms with Crippen molar-refractivity contribution in [3.63, 3.8) is 0 Å². The maximum atomic E-state index is 12.0. The Balaban J connectivity index is 1.71. The molecule has 0 saturated carbocycles. The van der Waals surface area contributed by atoms with Crippen LogP contribution in [0.1, 0.15) is 17.1 Å². The first-order valence-electron chi connectivity index (χ1n) is 6.68. The number of nitrogens with zero attached hydrogens (tertiary/aromatic N) is 5. The molecule has 116 valence electrons. The molecule has 0 aromatic carbocycles. The van der Waals surface area contributed by atoms with E-state index in [4.69, 9.17) is 5.26 Å². The van der Waals surface area contributed by atoms with E-state index in [1.807, 2.05) is 30.4 Å². The second kappa shape index (κ2) is 6.36. The molecule has 0 aliphatic rings. The number of anilines is 1. The van der Waals surface area contributed by atoms with Crippen molar-refractivity contribution < 1.29 is 4.79 Å². The van der Waals surface area contributed by atoms with Gasteiger partial charge in [-0.1, -0.05) is 11.8 Å². The quantitative estimate of drug-likeness (QED) is 0.730. The van der Waals surface area contributed by atoms with Crippen LogP contribution in [0.3, 0.4) is 0 Å². The van der Waals surface area contributed by atoms with Crippen LogP contribution in [0.15, 0.2) is 22.7 Å². The molecule has 0 fully saturated rings. The number of thioether (sulfide) groups is 1. The molecule has 0 unspecified atom stereocenters. The number of carbonyl (C=O) groups is 1. The fourth-order valence-corrected chi connectivity index (χ4v) is 3.62. The Morgan fingerprint density at radius 3 is 3.09 bits per heavy atom. The van der Waals surface area contributed by atoms with Crippen molar-refractivity contribution in [3.05, 3.63) is 34.6 Å². The third kappa shape index (κ3) is 3.18. The van der Waals surface area contributed by atoms with Gasteiger partial charge in [-0.3, -0.25) is 9.20 Å². The molecule has 0 bridgehead atoms. The SMILES string of the molecule is Cc1cc2nnc(SCC(=O)Nc3sccc3C#N)n2c(C)n1. The van der Waals surface area contributed by atoms with E-state index in [1.54, 1.807) is 11.4 Å². The largest absolute Gasteiger partial charge is 0.316 e. The zero-order valence-electron chi connectivity index (χ0n) is 12.4. The molecule has 3 aromatic rings. The third-order valence-electron chi connectivity index (χ3n) is 3.03. The van der Waals surface area contributed by atoms with Crippen molar-refractivity contribution in [3.8, 4) is 6.07 Å².